The van der Waals surface area contributed by atoms with E-state index in [-0.39, 0.29) is 47.3 Å². The Morgan fingerprint density at radius 2 is 1.89 bits per heavy atom. The Balaban J connectivity index is 1.68. The summed E-state index contributed by atoms with van der Waals surface area (Å²) in [4.78, 5) is 1.81. The molecule has 0 spiro atoms. The van der Waals surface area contributed by atoms with Gasteiger partial charge in [0.25, 0.3) is 0 Å². The monoisotopic (exact) mass is 503 g/mol. The number of piperidine rings is 1. The molecule has 0 amide bonds. The number of phenolic OH excluding ortho intramolecular Hbond substituents is 1. The first-order valence-electron chi connectivity index (χ1n) is 11.4. The van der Waals surface area contributed by atoms with Crippen molar-refractivity contribution in [3.63, 3.8) is 0 Å². The lowest BCUT2D eigenvalue weighted by molar-refractivity contribution is -0.141. The molecule has 1 aliphatic rings. The van der Waals surface area contributed by atoms with Crippen molar-refractivity contribution in [1.29, 1.82) is 0 Å². The summed E-state index contributed by atoms with van der Waals surface area (Å²) in [6.45, 7) is 0.986. The van der Waals surface area contributed by atoms with Gasteiger partial charge in [-0.05, 0) is 55.2 Å². The maximum absolute atomic E-state index is 13.2. The quantitative estimate of drug-likeness (QED) is 0.391. The zero-order valence-corrected chi connectivity index (χ0v) is 19.5. The van der Waals surface area contributed by atoms with Crippen LogP contribution < -0.4 is 4.74 Å². The van der Waals surface area contributed by atoms with Gasteiger partial charge in [0.2, 0.25) is 0 Å². The van der Waals surface area contributed by atoms with Crippen LogP contribution in [0.2, 0.25) is 0 Å². The number of likely N-dealkylation sites (tertiary alicyclic amines) is 1. The van der Waals surface area contributed by atoms with Gasteiger partial charge in [0.15, 0.2) is 5.69 Å². The van der Waals surface area contributed by atoms with E-state index in [2.05, 4.69) is 16.9 Å². The van der Waals surface area contributed by atoms with Crippen LogP contribution in [0.4, 0.5) is 17.6 Å². The molecule has 1 atom stereocenters. The molecule has 2 N–H and O–H groups in total. The molecule has 0 saturated carbocycles. The molecule has 0 aliphatic carbocycles. The maximum atomic E-state index is 13.2. The zero-order chi connectivity index (χ0) is 25.9. The smallest absolute Gasteiger partial charge is 0.435 e. The van der Waals surface area contributed by atoms with Gasteiger partial charge in [0.1, 0.15) is 35.7 Å². The van der Waals surface area contributed by atoms with E-state index in [0.29, 0.717) is 18.5 Å². The van der Waals surface area contributed by atoms with Crippen LogP contribution in [0.1, 0.15) is 36.1 Å². The van der Waals surface area contributed by atoms with Gasteiger partial charge in [-0.3, -0.25) is 9.58 Å². The molecule has 1 saturated heterocycles. The summed E-state index contributed by atoms with van der Waals surface area (Å²) < 4.78 is 59.6. The van der Waals surface area contributed by atoms with E-state index in [1.807, 2.05) is 4.90 Å². The lowest BCUT2D eigenvalue weighted by atomic mass is 10.0. The van der Waals surface area contributed by atoms with Crippen LogP contribution in [0, 0.1) is 17.7 Å². The first-order chi connectivity index (χ1) is 17.1. The third-order valence-electron chi connectivity index (χ3n) is 5.97. The average Bonchev–Trinajstić information content (AvgIpc) is 3.23. The predicted octanol–water partition coefficient (Wildman–Crippen LogP) is 4.69. The van der Waals surface area contributed by atoms with E-state index in [0.717, 1.165) is 23.6 Å². The van der Waals surface area contributed by atoms with E-state index in [1.54, 1.807) is 12.1 Å². The Morgan fingerprint density at radius 1 is 1.14 bits per heavy atom. The molecular weight excluding hydrogens is 478 g/mol. The second kappa shape index (κ2) is 10.6. The lowest BCUT2D eigenvalue weighted by Gasteiger charge is -2.30. The number of alkyl halides is 3. The predicted molar refractivity (Wildman–Crippen MR) is 124 cm³/mol. The van der Waals surface area contributed by atoms with Crippen molar-refractivity contribution in [1.82, 2.24) is 14.7 Å². The van der Waals surface area contributed by atoms with Crippen molar-refractivity contribution >= 4 is 0 Å². The van der Waals surface area contributed by atoms with Gasteiger partial charge in [-0.2, -0.15) is 18.3 Å². The van der Waals surface area contributed by atoms with Gasteiger partial charge in [-0.15, -0.1) is 0 Å². The molecule has 2 heterocycles. The summed E-state index contributed by atoms with van der Waals surface area (Å²) in [7, 11) is 1.35. The van der Waals surface area contributed by atoms with E-state index >= 15 is 0 Å². The van der Waals surface area contributed by atoms with E-state index in [4.69, 9.17) is 4.74 Å². The highest BCUT2D eigenvalue weighted by Gasteiger charge is 2.35. The number of aromatic nitrogens is 2. The number of aromatic hydroxyl groups is 1. The Morgan fingerprint density at radius 3 is 2.56 bits per heavy atom. The molecule has 4 rings (SSSR count). The molecule has 0 radical (unpaired) electrons. The minimum absolute atomic E-state index is 0.0550. The first kappa shape index (κ1) is 25.5. The molecule has 190 valence electrons. The molecule has 0 bridgehead atoms. The van der Waals surface area contributed by atoms with Crippen LogP contribution in [0.25, 0.3) is 11.3 Å². The number of hydrogen-bond donors (Lipinski definition) is 2. The molecule has 10 heteroatoms. The molecule has 1 unspecified atom stereocenters. The normalized spacial score (nSPS) is 16.4. The minimum Gasteiger partial charge on any atom is -0.506 e. The van der Waals surface area contributed by atoms with Gasteiger partial charge >= 0.3 is 6.18 Å². The number of nitrogens with zero attached hydrogens (tertiary/aromatic N) is 3. The number of ether oxygens (including phenoxy) is 1. The fourth-order valence-corrected chi connectivity index (χ4v) is 4.01. The van der Waals surface area contributed by atoms with Crippen molar-refractivity contribution in [3.05, 3.63) is 65.1 Å². The van der Waals surface area contributed by atoms with Crippen molar-refractivity contribution in [2.24, 2.45) is 7.05 Å². The Kier molecular flexibility index (Phi) is 7.52. The number of phenols is 1. The molecule has 1 aliphatic heterocycles. The fraction of sp³-hybridized carbons (Fsp3) is 0.346. The number of aryl methyl sites for hydroxylation is 1. The van der Waals surface area contributed by atoms with Gasteiger partial charge in [0.05, 0.1) is 12.2 Å². The number of halogens is 4. The van der Waals surface area contributed by atoms with Crippen LogP contribution in [-0.2, 0) is 19.8 Å². The van der Waals surface area contributed by atoms with Crippen molar-refractivity contribution < 1.29 is 32.5 Å². The Labute approximate surface area is 205 Å². The van der Waals surface area contributed by atoms with Crippen molar-refractivity contribution in [2.75, 3.05) is 13.1 Å². The van der Waals surface area contributed by atoms with Gasteiger partial charge in [-0.1, -0.05) is 24.0 Å². The summed E-state index contributed by atoms with van der Waals surface area (Å²) in [6, 6.07) is 9.51. The third kappa shape index (κ3) is 5.80. The van der Waals surface area contributed by atoms with E-state index < -0.39 is 18.1 Å². The van der Waals surface area contributed by atoms with Gasteiger partial charge < -0.3 is 14.9 Å². The summed E-state index contributed by atoms with van der Waals surface area (Å²) in [5.41, 5.74) is -0.147. The largest absolute Gasteiger partial charge is 0.506 e. The topological polar surface area (TPSA) is 70.8 Å². The standard InChI is InChI=1S/C26H25F4N3O3/c1-32-21(15-23(31-32)26(28,29)30)19-11-12-22(36-16-17-7-9-18(27)10-8-17)20(25(19)35)5-4-14-33-13-3-2-6-24(33)34/h7-12,15,24,34-35H,2-3,6,13-14,16H2,1H3. The third-order valence-corrected chi connectivity index (χ3v) is 5.97. The first-order valence-corrected chi connectivity index (χ1v) is 11.4. The number of hydrogen-bond acceptors (Lipinski definition) is 5. The molecular formula is C26H25F4N3O3. The molecule has 36 heavy (non-hydrogen) atoms. The van der Waals surface area contributed by atoms with Crippen molar-refractivity contribution in [2.45, 2.75) is 38.3 Å². The highest BCUT2D eigenvalue weighted by molar-refractivity contribution is 5.74. The van der Waals surface area contributed by atoms with Crippen molar-refractivity contribution in [3.8, 4) is 34.6 Å². The second-order valence-electron chi connectivity index (χ2n) is 8.53. The second-order valence-corrected chi connectivity index (χ2v) is 8.53. The molecule has 3 aromatic rings. The number of aliphatic hydroxyl groups excluding tert-OH is 1. The average molecular weight is 503 g/mol. The van der Waals surface area contributed by atoms with Gasteiger partial charge in [0, 0.05) is 19.2 Å². The number of rotatable bonds is 5. The van der Waals surface area contributed by atoms with Gasteiger partial charge in [-0.25, -0.2) is 4.39 Å². The summed E-state index contributed by atoms with van der Waals surface area (Å²) in [5, 5.41) is 24.7. The number of aliphatic hydroxyl groups is 1. The summed E-state index contributed by atoms with van der Waals surface area (Å²) >= 11 is 0. The Hall–Kier alpha value is -3.55. The van der Waals surface area contributed by atoms with Crippen LogP contribution in [-0.4, -0.2) is 44.2 Å². The molecule has 2 aromatic carbocycles. The van der Waals surface area contributed by atoms with E-state index in [9.17, 15) is 27.8 Å². The summed E-state index contributed by atoms with van der Waals surface area (Å²) in [5.74, 6) is 5.28. The highest BCUT2D eigenvalue weighted by Crippen LogP contribution is 2.39. The minimum atomic E-state index is -4.64. The molecule has 1 aromatic heterocycles. The lowest BCUT2D eigenvalue weighted by Crippen LogP contribution is -2.39. The fourth-order valence-electron chi connectivity index (χ4n) is 4.01. The molecule has 1 fully saturated rings. The van der Waals surface area contributed by atoms with Crippen LogP contribution in [0.5, 0.6) is 11.5 Å². The number of benzene rings is 2. The maximum Gasteiger partial charge on any atom is 0.435 e. The zero-order valence-electron chi connectivity index (χ0n) is 19.5. The van der Waals surface area contributed by atoms with E-state index in [1.165, 1.54) is 31.3 Å². The Bertz CT molecular complexity index is 1280. The van der Waals surface area contributed by atoms with Crippen LogP contribution >= 0.6 is 0 Å². The van der Waals surface area contributed by atoms with Crippen LogP contribution in [0.3, 0.4) is 0 Å². The SMILES string of the molecule is Cn1nc(C(F)(F)F)cc1-c1ccc(OCc2ccc(F)cc2)c(C#CCN2CCCCC2O)c1O. The van der Waals surface area contributed by atoms with Crippen LogP contribution in [0.15, 0.2) is 42.5 Å². The summed E-state index contributed by atoms with van der Waals surface area (Å²) in [6.07, 6.45) is -2.72. The molecule has 6 nitrogen and oxygen atoms in total. The highest BCUT2D eigenvalue weighted by atomic mass is 19.4.